The summed E-state index contributed by atoms with van der Waals surface area (Å²) in [6.07, 6.45) is -0.389. The van der Waals surface area contributed by atoms with Crippen LogP contribution in [0, 0.1) is 0 Å². The highest BCUT2D eigenvalue weighted by atomic mass is 35.5. The van der Waals surface area contributed by atoms with Gasteiger partial charge in [-0.3, -0.25) is 14.9 Å². The molecule has 2 saturated heterocycles. The van der Waals surface area contributed by atoms with Gasteiger partial charge in [0.1, 0.15) is 0 Å². The maximum atomic E-state index is 13.3. The van der Waals surface area contributed by atoms with Crippen LogP contribution < -0.4 is 10.6 Å². The van der Waals surface area contributed by atoms with Crippen LogP contribution in [-0.2, 0) is 9.59 Å². The summed E-state index contributed by atoms with van der Waals surface area (Å²) in [5, 5.41) is 5.85. The van der Waals surface area contributed by atoms with Crippen LogP contribution in [-0.4, -0.2) is 48.3 Å². The van der Waals surface area contributed by atoms with E-state index < -0.39 is 36.9 Å². The molecule has 3 unspecified atom stereocenters. The molecule has 3 rings (SSSR count). The summed E-state index contributed by atoms with van der Waals surface area (Å²) in [5.74, 6) is -3.48. The molecule has 2 aliphatic rings. The third-order valence-electron chi connectivity index (χ3n) is 4.55. The van der Waals surface area contributed by atoms with Crippen molar-refractivity contribution in [3.8, 4) is 0 Å². The van der Waals surface area contributed by atoms with Crippen molar-refractivity contribution in [1.82, 2.24) is 15.5 Å². The fraction of sp³-hybridized carbons (Fsp3) is 0.500. The highest BCUT2D eigenvalue weighted by Crippen LogP contribution is 2.33. The van der Waals surface area contributed by atoms with E-state index in [0.717, 1.165) is 5.56 Å². The van der Waals surface area contributed by atoms with E-state index in [0.29, 0.717) is 5.02 Å². The smallest absolute Gasteiger partial charge is 0.262 e. The van der Waals surface area contributed by atoms with Crippen LogP contribution in [0.4, 0.5) is 8.78 Å². The number of carbonyl (C=O) groups excluding carboxylic acids is 2. The molecule has 0 spiro atoms. The van der Waals surface area contributed by atoms with Crippen molar-refractivity contribution >= 4 is 23.4 Å². The molecule has 2 heterocycles. The van der Waals surface area contributed by atoms with Gasteiger partial charge >= 0.3 is 0 Å². The molecule has 2 N–H and O–H groups in total. The second kappa shape index (κ2) is 6.29. The van der Waals surface area contributed by atoms with Gasteiger partial charge in [0, 0.05) is 24.9 Å². The Kier molecular flexibility index (Phi) is 4.48. The summed E-state index contributed by atoms with van der Waals surface area (Å²) in [6, 6.07) is 5.27. The minimum atomic E-state index is -2.88. The molecule has 1 aromatic carbocycles. The first-order valence-corrected chi connectivity index (χ1v) is 8.07. The van der Waals surface area contributed by atoms with Gasteiger partial charge in [0.2, 0.25) is 11.8 Å². The lowest BCUT2D eigenvalue weighted by atomic mass is 9.99. The number of likely N-dealkylation sites (tertiary alicyclic amines) is 1. The molecule has 0 aliphatic carbocycles. The molecule has 0 radical (unpaired) electrons. The van der Waals surface area contributed by atoms with Crippen LogP contribution in [0.3, 0.4) is 0 Å². The van der Waals surface area contributed by atoms with Crippen LogP contribution in [0.25, 0.3) is 0 Å². The van der Waals surface area contributed by atoms with Crippen molar-refractivity contribution < 1.29 is 18.4 Å². The van der Waals surface area contributed by atoms with Crippen LogP contribution in [0.1, 0.15) is 24.4 Å². The number of hydrogen-bond acceptors (Lipinski definition) is 3. The lowest BCUT2D eigenvalue weighted by molar-refractivity contribution is -0.127. The Morgan fingerprint density at radius 3 is 2.62 bits per heavy atom. The van der Waals surface area contributed by atoms with Crippen molar-refractivity contribution in [2.24, 2.45) is 0 Å². The molecule has 8 heteroatoms. The predicted octanol–water partition coefficient (Wildman–Crippen LogP) is 1.73. The number of nitrogens with one attached hydrogen (secondary N) is 2. The number of likely N-dealkylation sites (N-methyl/N-ethyl adjacent to an activating group) is 1. The third kappa shape index (κ3) is 3.37. The van der Waals surface area contributed by atoms with Gasteiger partial charge in [-0.25, -0.2) is 8.78 Å². The van der Waals surface area contributed by atoms with E-state index in [4.69, 9.17) is 11.6 Å². The number of alkyl halides is 2. The Morgan fingerprint density at radius 2 is 2.04 bits per heavy atom. The zero-order valence-corrected chi connectivity index (χ0v) is 13.8. The summed E-state index contributed by atoms with van der Waals surface area (Å²) in [4.78, 5) is 25.9. The molecule has 130 valence electrons. The number of hydrogen-bond donors (Lipinski definition) is 2. The van der Waals surface area contributed by atoms with Crippen LogP contribution in [0.2, 0.25) is 5.02 Å². The minimum Gasteiger partial charge on any atom is -0.349 e. The van der Waals surface area contributed by atoms with E-state index in [1.54, 1.807) is 36.2 Å². The summed E-state index contributed by atoms with van der Waals surface area (Å²) in [6.45, 7) is -0.505. The van der Waals surface area contributed by atoms with Gasteiger partial charge in [-0.1, -0.05) is 23.7 Å². The van der Waals surface area contributed by atoms with Gasteiger partial charge in [-0.15, -0.1) is 0 Å². The fourth-order valence-electron chi connectivity index (χ4n) is 3.30. The maximum absolute atomic E-state index is 13.3. The van der Waals surface area contributed by atoms with Crippen molar-refractivity contribution in [2.75, 3.05) is 13.6 Å². The van der Waals surface area contributed by atoms with Crippen LogP contribution in [0.15, 0.2) is 24.3 Å². The maximum Gasteiger partial charge on any atom is 0.262 e. The Hall–Kier alpha value is -1.73. The molecule has 5 nitrogen and oxygen atoms in total. The van der Waals surface area contributed by atoms with Crippen LogP contribution in [0.5, 0.6) is 0 Å². The summed E-state index contributed by atoms with van der Waals surface area (Å²) >= 11 is 5.89. The number of benzene rings is 1. The second-order valence-corrected chi connectivity index (χ2v) is 6.75. The Labute approximate surface area is 143 Å². The molecule has 24 heavy (non-hydrogen) atoms. The summed E-state index contributed by atoms with van der Waals surface area (Å²) in [7, 11) is 1.66. The first-order chi connectivity index (χ1) is 11.3. The SMILES string of the molecule is CN1C(=O)CC(NC(=O)C2CC(F)(F)CN2)C1c1ccc(Cl)cc1. The standard InChI is InChI=1S/C16H18ClF2N3O2/c1-22-13(23)6-11(14(22)9-2-4-10(17)5-3-9)21-15(24)12-7-16(18,19)8-20-12/h2-5,11-12,14,20H,6-8H2,1H3,(H,21,24). The number of amides is 2. The van der Waals surface area contributed by atoms with E-state index in [2.05, 4.69) is 10.6 Å². The van der Waals surface area contributed by atoms with E-state index >= 15 is 0 Å². The zero-order valence-electron chi connectivity index (χ0n) is 13.1. The second-order valence-electron chi connectivity index (χ2n) is 6.31. The molecular formula is C16H18ClF2N3O2. The fourth-order valence-corrected chi connectivity index (χ4v) is 3.42. The molecule has 0 aromatic heterocycles. The molecule has 0 bridgehead atoms. The monoisotopic (exact) mass is 357 g/mol. The summed E-state index contributed by atoms with van der Waals surface area (Å²) in [5.41, 5.74) is 0.836. The van der Waals surface area contributed by atoms with Gasteiger partial charge in [-0.05, 0) is 17.7 Å². The van der Waals surface area contributed by atoms with Crippen molar-refractivity contribution in [1.29, 1.82) is 0 Å². The predicted molar refractivity (Wildman–Crippen MR) is 84.9 cm³/mol. The lowest BCUT2D eigenvalue weighted by Crippen LogP contribution is -2.46. The quantitative estimate of drug-likeness (QED) is 0.866. The third-order valence-corrected chi connectivity index (χ3v) is 4.80. The average Bonchev–Trinajstić information content (AvgIpc) is 3.01. The topological polar surface area (TPSA) is 61.4 Å². The molecule has 0 saturated carbocycles. The van der Waals surface area contributed by atoms with E-state index in [1.165, 1.54) is 0 Å². The molecule has 2 fully saturated rings. The molecular weight excluding hydrogens is 340 g/mol. The molecule has 2 aliphatic heterocycles. The van der Waals surface area contributed by atoms with Gasteiger partial charge in [0.25, 0.3) is 5.92 Å². The number of halogens is 3. The first-order valence-electron chi connectivity index (χ1n) is 7.69. The largest absolute Gasteiger partial charge is 0.349 e. The van der Waals surface area contributed by atoms with Crippen molar-refractivity contribution in [3.05, 3.63) is 34.9 Å². The number of rotatable bonds is 3. The van der Waals surface area contributed by atoms with Gasteiger partial charge in [-0.2, -0.15) is 0 Å². The highest BCUT2D eigenvalue weighted by Gasteiger charge is 2.45. The lowest BCUT2D eigenvalue weighted by Gasteiger charge is -2.27. The highest BCUT2D eigenvalue weighted by molar-refractivity contribution is 6.30. The molecule has 1 aromatic rings. The number of carbonyl (C=O) groups is 2. The van der Waals surface area contributed by atoms with Crippen molar-refractivity contribution in [2.45, 2.75) is 36.9 Å². The minimum absolute atomic E-state index is 0.107. The molecule has 2 amide bonds. The Balaban J connectivity index is 1.74. The van der Waals surface area contributed by atoms with Gasteiger partial charge < -0.3 is 10.2 Å². The van der Waals surface area contributed by atoms with E-state index in [-0.39, 0.29) is 18.4 Å². The van der Waals surface area contributed by atoms with Crippen LogP contribution >= 0.6 is 11.6 Å². The van der Waals surface area contributed by atoms with Gasteiger partial charge in [0.15, 0.2) is 0 Å². The average molecular weight is 358 g/mol. The number of nitrogens with zero attached hydrogens (tertiary/aromatic N) is 1. The Bertz CT molecular complexity index is 653. The Morgan fingerprint density at radius 1 is 1.38 bits per heavy atom. The molecule has 3 atom stereocenters. The normalized spacial score (nSPS) is 29.1. The first kappa shape index (κ1) is 17.1. The van der Waals surface area contributed by atoms with Gasteiger partial charge in [0.05, 0.1) is 24.7 Å². The van der Waals surface area contributed by atoms with Crippen molar-refractivity contribution in [3.63, 3.8) is 0 Å². The van der Waals surface area contributed by atoms with E-state index in [1.807, 2.05) is 0 Å². The zero-order chi connectivity index (χ0) is 17.5. The summed E-state index contributed by atoms with van der Waals surface area (Å²) < 4.78 is 26.5. The van der Waals surface area contributed by atoms with E-state index in [9.17, 15) is 18.4 Å².